The van der Waals surface area contributed by atoms with Crippen LogP contribution in [0.4, 0.5) is 4.39 Å². The van der Waals surface area contributed by atoms with Gasteiger partial charge in [-0.2, -0.15) is 5.10 Å². The number of para-hydroxylation sites is 1. The highest BCUT2D eigenvalue weighted by atomic mass is 32.2. The van der Waals surface area contributed by atoms with Crippen LogP contribution >= 0.6 is 0 Å². The van der Waals surface area contributed by atoms with Crippen molar-refractivity contribution in [1.82, 2.24) is 19.1 Å². The highest BCUT2D eigenvalue weighted by Crippen LogP contribution is 2.39. The lowest BCUT2D eigenvalue weighted by molar-refractivity contribution is 0.550. The molecule has 1 aliphatic carbocycles. The quantitative estimate of drug-likeness (QED) is 0.655. The van der Waals surface area contributed by atoms with E-state index < -0.39 is 15.8 Å². The van der Waals surface area contributed by atoms with Crippen molar-refractivity contribution in [3.05, 3.63) is 76.7 Å². The first-order chi connectivity index (χ1) is 13.5. The first-order valence-electron chi connectivity index (χ1n) is 8.96. The monoisotopic (exact) mass is 402 g/mol. The molecule has 3 aromatic rings. The fourth-order valence-electron chi connectivity index (χ4n) is 2.98. The molecule has 0 saturated heterocycles. The number of rotatable bonds is 7. The SMILES string of the molecule is O=c1n(CCNS(=O)(=O)c2ccc(F)cc2)nc(C2CC2)n1-c1ccccc1. The van der Waals surface area contributed by atoms with E-state index in [2.05, 4.69) is 9.82 Å². The molecule has 1 fully saturated rings. The highest BCUT2D eigenvalue weighted by Gasteiger charge is 2.31. The van der Waals surface area contributed by atoms with Gasteiger partial charge in [0, 0.05) is 12.5 Å². The van der Waals surface area contributed by atoms with E-state index in [0.717, 1.165) is 30.7 Å². The van der Waals surface area contributed by atoms with Crippen molar-refractivity contribution < 1.29 is 12.8 Å². The molecule has 1 heterocycles. The van der Waals surface area contributed by atoms with Gasteiger partial charge in [0.1, 0.15) is 11.6 Å². The van der Waals surface area contributed by atoms with Crippen molar-refractivity contribution in [2.75, 3.05) is 6.54 Å². The zero-order valence-corrected chi connectivity index (χ0v) is 15.8. The zero-order valence-electron chi connectivity index (χ0n) is 15.0. The fraction of sp³-hybridized carbons (Fsp3) is 0.263. The average Bonchev–Trinajstić information content (AvgIpc) is 3.47. The fourth-order valence-corrected chi connectivity index (χ4v) is 4.00. The van der Waals surface area contributed by atoms with Crippen molar-refractivity contribution in [2.45, 2.75) is 30.2 Å². The maximum atomic E-state index is 13.0. The molecule has 7 nitrogen and oxygen atoms in total. The van der Waals surface area contributed by atoms with Crippen LogP contribution in [0.2, 0.25) is 0 Å². The normalized spacial score (nSPS) is 14.3. The standard InChI is InChI=1S/C19H19FN4O3S/c20-15-8-10-17(11-9-15)28(26,27)21-12-13-23-19(25)24(16-4-2-1-3-5-16)18(22-23)14-6-7-14/h1-5,8-11,14,21H,6-7,12-13H2. The number of benzene rings is 2. The first-order valence-corrected chi connectivity index (χ1v) is 10.4. The Kier molecular flexibility index (Phi) is 4.86. The Balaban J connectivity index is 1.53. The van der Waals surface area contributed by atoms with Crippen molar-refractivity contribution >= 4 is 10.0 Å². The predicted octanol–water partition coefficient (Wildman–Crippen LogP) is 2.03. The van der Waals surface area contributed by atoms with Crippen LogP contribution in [0.15, 0.2) is 64.3 Å². The molecule has 146 valence electrons. The molecule has 0 amide bonds. The molecule has 0 radical (unpaired) electrons. The van der Waals surface area contributed by atoms with Gasteiger partial charge in [0.25, 0.3) is 0 Å². The third kappa shape index (κ3) is 3.76. The van der Waals surface area contributed by atoms with Crippen LogP contribution in [-0.2, 0) is 16.6 Å². The Morgan fingerprint density at radius 3 is 2.39 bits per heavy atom. The van der Waals surface area contributed by atoms with E-state index in [1.807, 2.05) is 30.3 Å². The summed E-state index contributed by atoms with van der Waals surface area (Å²) in [7, 11) is -3.79. The molecule has 1 saturated carbocycles. The Morgan fingerprint density at radius 1 is 1.07 bits per heavy atom. The molecule has 4 rings (SSSR count). The minimum absolute atomic E-state index is 0.00444. The third-order valence-corrected chi connectivity index (χ3v) is 6.04. The Bertz CT molecular complexity index is 1130. The van der Waals surface area contributed by atoms with Crippen LogP contribution in [0.25, 0.3) is 5.69 Å². The minimum atomic E-state index is -3.79. The summed E-state index contributed by atoms with van der Waals surface area (Å²) in [5.41, 5.74) is 0.446. The molecule has 9 heteroatoms. The summed E-state index contributed by atoms with van der Waals surface area (Å²) in [4.78, 5) is 12.8. The summed E-state index contributed by atoms with van der Waals surface area (Å²) in [6, 6.07) is 13.8. The molecule has 28 heavy (non-hydrogen) atoms. The van der Waals surface area contributed by atoms with E-state index in [4.69, 9.17) is 0 Å². The maximum absolute atomic E-state index is 13.0. The van der Waals surface area contributed by atoms with E-state index in [9.17, 15) is 17.6 Å². The summed E-state index contributed by atoms with van der Waals surface area (Å²) in [6.07, 6.45) is 1.97. The molecule has 0 bridgehead atoms. The topological polar surface area (TPSA) is 86.0 Å². The summed E-state index contributed by atoms with van der Waals surface area (Å²) >= 11 is 0. The second-order valence-electron chi connectivity index (χ2n) is 6.66. The van der Waals surface area contributed by atoms with Crippen molar-refractivity contribution in [1.29, 1.82) is 0 Å². The molecule has 1 aliphatic rings. The zero-order chi connectivity index (χ0) is 19.7. The lowest BCUT2D eigenvalue weighted by Gasteiger charge is -2.06. The summed E-state index contributed by atoms with van der Waals surface area (Å²) in [6.45, 7) is 0.0916. The van der Waals surface area contributed by atoms with Gasteiger partial charge in [0.2, 0.25) is 10.0 Å². The number of nitrogens with one attached hydrogen (secondary N) is 1. The number of hydrogen-bond acceptors (Lipinski definition) is 4. The lowest BCUT2D eigenvalue weighted by Crippen LogP contribution is -2.32. The number of aromatic nitrogens is 3. The van der Waals surface area contributed by atoms with Crippen molar-refractivity contribution in [3.8, 4) is 5.69 Å². The van der Waals surface area contributed by atoms with Crippen LogP contribution in [0.1, 0.15) is 24.6 Å². The van der Waals surface area contributed by atoms with Gasteiger partial charge < -0.3 is 0 Å². The van der Waals surface area contributed by atoms with E-state index in [1.54, 1.807) is 4.57 Å². The molecule has 1 N–H and O–H groups in total. The Labute approximate surface area is 161 Å². The first kappa shape index (κ1) is 18.6. The highest BCUT2D eigenvalue weighted by molar-refractivity contribution is 7.89. The van der Waals surface area contributed by atoms with Crippen LogP contribution in [0, 0.1) is 5.82 Å². The molecular weight excluding hydrogens is 383 g/mol. The predicted molar refractivity (Wildman–Crippen MR) is 101 cm³/mol. The van der Waals surface area contributed by atoms with Crippen molar-refractivity contribution in [2.24, 2.45) is 0 Å². The average molecular weight is 402 g/mol. The van der Waals surface area contributed by atoms with Gasteiger partial charge in [-0.25, -0.2) is 31.6 Å². The Morgan fingerprint density at radius 2 is 1.75 bits per heavy atom. The third-order valence-electron chi connectivity index (χ3n) is 4.56. The molecule has 0 spiro atoms. The second kappa shape index (κ2) is 7.33. The number of hydrogen-bond donors (Lipinski definition) is 1. The second-order valence-corrected chi connectivity index (χ2v) is 8.43. The number of halogens is 1. The van der Waals surface area contributed by atoms with Gasteiger partial charge in [-0.3, -0.25) is 0 Å². The van der Waals surface area contributed by atoms with Gasteiger partial charge in [0.15, 0.2) is 0 Å². The summed E-state index contributed by atoms with van der Waals surface area (Å²) in [5, 5.41) is 4.43. The van der Waals surface area contributed by atoms with E-state index in [-0.39, 0.29) is 29.6 Å². The molecule has 0 unspecified atom stereocenters. The van der Waals surface area contributed by atoms with E-state index >= 15 is 0 Å². The van der Waals surface area contributed by atoms with E-state index in [1.165, 1.54) is 16.8 Å². The van der Waals surface area contributed by atoms with Crippen LogP contribution in [0.3, 0.4) is 0 Å². The lowest BCUT2D eigenvalue weighted by atomic mass is 10.3. The Hall–Kier alpha value is -2.78. The van der Waals surface area contributed by atoms with Gasteiger partial charge in [0.05, 0.1) is 17.1 Å². The minimum Gasteiger partial charge on any atom is -0.247 e. The van der Waals surface area contributed by atoms with Crippen LogP contribution < -0.4 is 10.4 Å². The maximum Gasteiger partial charge on any atom is 0.350 e. The summed E-state index contributed by atoms with van der Waals surface area (Å²) < 4.78 is 42.8. The number of nitrogens with zero attached hydrogens (tertiary/aromatic N) is 3. The van der Waals surface area contributed by atoms with Gasteiger partial charge >= 0.3 is 5.69 Å². The van der Waals surface area contributed by atoms with Gasteiger partial charge in [-0.05, 0) is 49.2 Å². The van der Waals surface area contributed by atoms with Gasteiger partial charge in [-0.1, -0.05) is 18.2 Å². The molecule has 2 aromatic carbocycles. The molecule has 0 aliphatic heterocycles. The smallest absolute Gasteiger partial charge is 0.247 e. The van der Waals surface area contributed by atoms with E-state index in [0.29, 0.717) is 5.82 Å². The van der Waals surface area contributed by atoms with Crippen molar-refractivity contribution in [3.63, 3.8) is 0 Å². The molecule has 0 atom stereocenters. The molecular formula is C19H19FN4O3S. The number of sulfonamides is 1. The van der Waals surface area contributed by atoms with Crippen LogP contribution in [-0.4, -0.2) is 29.3 Å². The van der Waals surface area contributed by atoms with Crippen LogP contribution in [0.5, 0.6) is 0 Å². The summed E-state index contributed by atoms with van der Waals surface area (Å²) in [5.74, 6) is 0.451. The molecule has 1 aromatic heterocycles. The largest absolute Gasteiger partial charge is 0.350 e. The van der Waals surface area contributed by atoms with Gasteiger partial charge in [-0.15, -0.1) is 0 Å².